The number of ether oxygens (including phenoxy) is 1. The van der Waals surface area contributed by atoms with Crippen LogP contribution in [0.5, 0.6) is 5.75 Å². The van der Waals surface area contributed by atoms with Gasteiger partial charge in [0.15, 0.2) is 6.04 Å². The van der Waals surface area contributed by atoms with Crippen molar-refractivity contribution >= 4 is 0 Å². The Kier molecular flexibility index (Phi) is 6.45. The third-order valence-corrected chi connectivity index (χ3v) is 5.23. The minimum Gasteiger partial charge on any atom is -0.497 e. The largest absolute Gasteiger partial charge is 0.497 e. The lowest BCUT2D eigenvalue weighted by Gasteiger charge is -2.24. The van der Waals surface area contributed by atoms with Crippen molar-refractivity contribution in [1.82, 2.24) is 0 Å². The molecule has 3 rings (SSSR count). The van der Waals surface area contributed by atoms with Gasteiger partial charge in [-0.1, -0.05) is 30.3 Å². The lowest BCUT2D eigenvalue weighted by molar-refractivity contribution is -0.934. The number of likely N-dealkylation sites (tertiary alicyclic amines) is 1. The number of nitrogens with two attached hydrogens (primary N) is 1. The molecule has 0 bridgehead atoms. The minimum atomic E-state index is -0.411. The van der Waals surface area contributed by atoms with Gasteiger partial charge < -0.3 is 20.1 Å². The molecule has 0 radical (unpaired) electrons. The molecule has 0 spiro atoms. The standard InChI is InChI=1S/C21H28N2O2/c1-25-19-11-9-17(10-12-19)20(23-13-5-6-14-23)15-22-16-21(24)18-7-3-2-4-8-18/h2-4,7-12,20-22,24H,5-6,13-16H2,1H3/p+2/t20-,21+/m1/s1. The molecule has 4 heteroatoms. The van der Waals surface area contributed by atoms with Crippen LogP contribution in [-0.4, -0.2) is 38.4 Å². The number of methoxy groups -OCH3 is 1. The zero-order valence-corrected chi connectivity index (χ0v) is 15.0. The molecule has 0 aliphatic carbocycles. The van der Waals surface area contributed by atoms with Crippen molar-refractivity contribution in [3.05, 3.63) is 65.7 Å². The highest BCUT2D eigenvalue weighted by molar-refractivity contribution is 5.28. The van der Waals surface area contributed by atoms with Gasteiger partial charge in [-0.25, -0.2) is 0 Å². The van der Waals surface area contributed by atoms with Crippen LogP contribution in [0.1, 0.15) is 36.1 Å². The van der Waals surface area contributed by atoms with E-state index in [1.807, 2.05) is 30.3 Å². The van der Waals surface area contributed by atoms with Crippen molar-refractivity contribution in [3.8, 4) is 5.75 Å². The Morgan fingerprint density at radius 1 is 0.960 bits per heavy atom. The molecule has 1 fully saturated rings. The van der Waals surface area contributed by atoms with E-state index >= 15 is 0 Å². The van der Waals surface area contributed by atoms with E-state index in [1.165, 1.54) is 31.5 Å². The summed E-state index contributed by atoms with van der Waals surface area (Å²) in [6, 6.07) is 18.9. The van der Waals surface area contributed by atoms with E-state index in [-0.39, 0.29) is 0 Å². The van der Waals surface area contributed by atoms with Crippen LogP contribution in [0.25, 0.3) is 0 Å². The first-order valence-electron chi connectivity index (χ1n) is 9.31. The van der Waals surface area contributed by atoms with Crippen LogP contribution in [0, 0.1) is 0 Å². The summed E-state index contributed by atoms with van der Waals surface area (Å²) in [7, 11) is 1.71. The summed E-state index contributed by atoms with van der Waals surface area (Å²) in [6.07, 6.45) is 2.22. The molecular weight excluding hydrogens is 312 g/mol. The van der Waals surface area contributed by atoms with E-state index in [0.717, 1.165) is 17.9 Å². The number of quaternary nitrogens is 2. The van der Waals surface area contributed by atoms with E-state index in [9.17, 15) is 5.11 Å². The van der Waals surface area contributed by atoms with E-state index in [1.54, 1.807) is 12.0 Å². The molecule has 25 heavy (non-hydrogen) atoms. The molecule has 0 amide bonds. The molecule has 0 aromatic heterocycles. The van der Waals surface area contributed by atoms with Gasteiger partial charge in [0, 0.05) is 18.4 Å². The smallest absolute Gasteiger partial charge is 0.163 e. The van der Waals surface area contributed by atoms with Crippen molar-refractivity contribution in [3.63, 3.8) is 0 Å². The Hall–Kier alpha value is -1.88. The van der Waals surface area contributed by atoms with Crippen LogP contribution in [0.2, 0.25) is 0 Å². The first kappa shape index (κ1) is 17.9. The molecule has 0 saturated carbocycles. The fourth-order valence-electron chi connectivity index (χ4n) is 3.78. The molecule has 2 aromatic carbocycles. The van der Waals surface area contributed by atoms with Gasteiger partial charge >= 0.3 is 0 Å². The number of nitrogens with one attached hydrogen (secondary N) is 1. The summed E-state index contributed by atoms with van der Waals surface area (Å²) in [5.74, 6) is 0.905. The van der Waals surface area contributed by atoms with Crippen molar-refractivity contribution < 1.29 is 20.1 Å². The fourth-order valence-corrected chi connectivity index (χ4v) is 3.78. The average molecular weight is 342 g/mol. The lowest BCUT2D eigenvalue weighted by Crippen LogP contribution is -3.13. The highest BCUT2D eigenvalue weighted by Crippen LogP contribution is 2.16. The highest BCUT2D eigenvalue weighted by atomic mass is 16.5. The Labute approximate surface area is 150 Å². The minimum absolute atomic E-state index is 0.411. The monoisotopic (exact) mass is 342 g/mol. The number of aliphatic hydroxyl groups excluding tert-OH is 1. The van der Waals surface area contributed by atoms with Gasteiger partial charge in [-0.3, -0.25) is 0 Å². The molecular formula is C21H30N2O2+2. The number of hydrogen-bond donors (Lipinski definition) is 3. The predicted octanol–water partition coefficient (Wildman–Crippen LogP) is 0.712. The average Bonchev–Trinajstić information content (AvgIpc) is 3.20. The van der Waals surface area contributed by atoms with Crippen LogP contribution >= 0.6 is 0 Å². The van der Waals surface area contributed by atoms with Crippen LogP contribution in [0.4, 0.5) is 0 Å². The van der Waals surface area contributed by atoms with Crippen molar-refractivity contribution in [1.29, 1.82) is 0 Å². The Morgan fingerprint density at radius 2 is 1.64 bits per heavy atom. The number of rotatable bonds is 8. The molecule has 2 aromatic rings. The molecule has 134 valence electrons. The molecule has 1 aliphatic heterocycles. The fraction of sp³-hybridized carbons (Fsp3) is 0.429. The summed E-state index contributed by atoms with van der Waals surface area (Å²) >= 11 is 0. The SMILES string of the molecule is COc1ccc([C@@H](C[NH2+]C[C@H](O)c2ccccc2)[NH+]2CCCC2)cc1. The number of aliphatic hydroxyl groups is 1. The second-order valence-corrected chi connectivity index (χ2v) is 6.88. The van der Waals surface area contributed by atoms with Crippen LogP contribution in [0.15, 0.2) is 54.6 Å². The van der Waals surface area contributed by atoms with Crippen LogP contribution < -0.4 is 15.0 Å². The van der Waals surface area contributed by atoms with Gasteiger partial charge in [-0.15, -0.1) is 0 Å². The lowest BCUT2D eigenvalue weighted by atomic mass is 10.0. The normalized spacial score (nSPS) is 17.4. The molecule has 1 saturated heterocycles. The molecule has 1 aliphatic rings. The van der Waals surface area contributed by atoms with Gasteiger partial charge in [0.25, 0.3) is 0 Å². The van der Waals surface area contributed by atoms with E-state index in [2.05, 4.69) is 29.6 Å². The first-order chi connectivity index (χ1) is 12.3. The molecule has 0 unspecified atom stereocenters. The van der Waals surface area contributed by atoms with E-state index in [0.29, 0.717) is 12.6 Å². The summed E-state index contributed by atoms with van der Waals surface area (Å²) < 4.78 is 5.29. The Morgan fingerprint density at radius 3 is 2.28 bits per heavy atom. The maximum absolute atomic E-state index is 10.4. The number of benzene rings is 2. The van der Waals surface area contributed by atoms with Gasteiger partial charge in [-0.2, -0.15) is 0 Å². The zero-order valence-electron chi connectivity index (χ0n) is 15.0. The third-order valence-electron chi connectivity index (χ3n) is 5.23. The predicted molar refractivity (Wildman–Crippen MR) is 98.7 cm³/mol. The van der Waals surface area contributed by atoms with Crippen LogP contribution in [-0.2, 0) is 0 Å². The van der Waals surface area contributed by atoms with Crippen molar-refractivity contribution in [2.24, 2.45) is 0 Å². The quantitative estimate of drug-likeness (QED) is 0.662. The summed E-state index contributed by atoms with van der Waals surface area (Å²) in [5, 5.41) is 12.6. The van der Waals surface area contributed by atoms with Crippen LogP contribution in [0.3, 0.4) is 0 Å². The zero-order chi connectivity index (χ0) is 17.5. The topological polar surface area (TPSA) is 50.5 Å². The van der Waals surface area contributed by atoms with Gasteiger partial charge in [0.05, 0.1) is 20.2 Å². The first-order valence-corrected chi connectivity index (χ1v) is 9.31. The molecule has 2 atom stereocenters. The molecule has 1 heterocycles. The molecule has 4 nitrogen and oxygen atoms in total. The second-order valence-electron chi connectivity index (χ2n) is 6.88. The van der Waals surface area contributed by atoms with E-state index in [4.69, 9.17) is 4.74 Å². The van der Waals surface area contributed by atoms with Gasteiger partial charge in [0.1, 0.15) is 24.9 Å². The number of hydrogen-bond acceptors (Lipinski definition) is 2. The highest BCUT2D eigenvalue weighted by Gasteiger charge is 2.29. The third kappa shape index (κ3) is 4.82. The van der Waals surface area contributed by atoms with Gasteiger partial charge in [-0.05, 0) is 29.8 Å². The second kappa shape index (κ2) is 8.99. The van der Waals surface area contributed by atoms with E-state index < -0.39 is 6.10 Å². The summed E-state index contributed by atoms with van der Waals surface area (Å²) in [4.78, 5) is 1.66. The van der Waals surface area contributed by atoms with Gasteiger partial charge in [0.2, 0.25) is 0 Å². The Bertz CT molecular complexity index is 624. The Balaban J connectivity index is 1.61. The summed E-state index contributed by atoms with van der Waals surface area (Å²) in [5.41, 5.74) is 2.36. The maximum atomic E-state index is 10.4. The van der Waals surface area contributed by atoms with Crippen molar-refractivity contribution in [2.45, 2.75) is 25.0 Å². The molecule has 4 N–H and O–H groups in total. The summed E-state index contributed by atoms with van der Waals surface area (Å²) in [6.45, 7) is 4.17. The maximum Gasteiger partial charge on any atom is 0.163 e. The van der Waals surface area contributed by atoms with Crippen molar-refractivity contribution in [2.75, 3.05) is 33.3 Å².